The molecule has 4 fully saturated rings. The summed E-state index contributed by atoms with van der Waals surface area (Å²) in [4.78, 5) is 2.53. The number of hydrogen-bond acceptors (Lipinski definition) is 3. The summed E-state index contributed by atoms with van der Waals surface area (Å²) in [6, 6.07) is 14.8. The third kappa shape index (κ3) is 3.20. The van der Waals surface area contributed by atoms with Crippen molar-refractivity contribution < 1.29 is 9.84 Å². The molecular weight excluding hydrogens is 334 g/mol. The number of rotatable bonds is 5. The van der Waals surface area contributed by atoms with Crippen molar-refractivity contribution in [1.82, 2.24) is 4.90 Å². The summed E-state index contributed by atoms with van der Waals surface area (Å²) < 4.78 is 6.51. The standard InChI is InChI=1S/C24H31NO2/c26-24(20-8-2-3-9-20,17-27-23-16-25-14-12-19(23)13-15-25)22-11-5-7-18-6-1-4-10-21(18)22/h1,4-7,10-11,19-20,23,26H,2-3,8-9,12-17H2/t23?,24-/m0/s1. The molecule has 2 aromatic carbocycles. The quantitative estimate of drug-likeness (QED) is 0.856. The molecule has 3 heteroatoms. The van der Waals surface area contributed by atoms with Crippen LogP contribution in [0.1, 0.15) is 44.1 Å². The van der Waals surface area contributed by atoms with Crippen molar-refractivity contribution >= 4 is 10.8 Å². The van der Waals surface area contributed by atoms with Crippen molar-refractivity contribution in [3.8, 4) is 0 Å². The highest BCUT2D eigenvalue weighted by Gasteiger charge is 2.43. The van der Waals surface area contributed by atoms with Gasteiger partial charge in [0.25, 0.3) is 0 Å². The fourth-order valence-corrected chi connectivity index (χ4v) is 5.76. The van der Waals surface area contributed by atoms with Gasteiger partial charge in [0.2, 0.25) is 0 Å². The van der Waals surface area contributed by atoms with Gasteiger partial charge in [0.05, 0.1) is 12.7 Å². The molecule has 1 saturated carbocycles. The first kappa shape index (κ1) is 17.7. The van der Waals surface area contributed by atoms with Gasteiger partial charge in [-0.1, -0.05) is 55.3 Å². The second-order valence-corrected chi connectivity index (χ2v) is 8.92. The van der Waals surface area contributed by atoms with Crippen molar-refractivity contribution in [2.24, 2.45) is 11.8 Å². The van der Waals surface area contributed by atoms with Crippen LogP contribution in [0.5, 0.6) is 0 Å². The minimum absolute atomic E-state index is 0.287. The van der Waals surface area contributed by atoms with E-state index in [0.29, 0.717) is 18.4 Å². The van der Waals surface area contributed by atoms with E-state index in [1.54, 1.807) is 0 Å². The van der Waals surface area contributed by atoms with Gasteiger partial charge in [-0.3, -0.25) is 0 Å². The molecule has 0 radical (unpaired) electrons. The molecule has 1 unspecified atom stereocenters. The zero-order valence-electron chi connectivity index (χ0n) is 16.1. The second-order valence-electron chi connectivity index (χ2n) is 8.92. The first-order chi connectivity index (χ1) is 13.2. The smallest absolute Gasteiger partial charge is 0.116 e. The van der Waals surface area contributed by atoms with Gasteiger partial charge in [0.15, 0.2) is 0 Å². The van der Waals surface area contributed by atoms with E-state index in [-0.39, 0.29) is 6.10 Å². The number of ether oxygens (including phenoxy) is 1. The van der Waals surface area contributed by atoms with Crippen molar-refractivity contribution in [2.45, 2.75) is 50.2 Å². The lowest BCUT2D eigenvalue weighted by molar-refractivity contribution is -0.143. The van der Waals surface area contributed by atoms with Crippen molar-refractivity contribution in [2.75, 3.05) is 26.2 Å². The van der Waals surface area contributed by atoms with Gasteiger partial charge < -0.3 is 14.7 Å². The third-order valence-corrected chi connectivity index (χ3v) is 7.40. The van der Waals surface area contributed by atoms with E-state index in [2.05, 4.69) is 47.4 Å². The van der Waals surface area contributed by atoms with E-state index >= 15 is 0 Å². The monoisotopic (exact) mass is 365 g/mol. The van der Waals surface area contributed by atoms with E-state index in [9.17, 15) is 5.11 Å². The maximum absolute atomic E-state index is 12.0. The molecule has 2 atom stereocenters. The predicted octanol–water partition coefficient (Wildman–Crippen LogP) is 4.33. The van der Waals surface area contributed by atoms with Crippen LogP contribution in [0, 0.1) is 11.8 Å². The molecule has 144 valence electrons. The Hall–Kier alpha value is -1.42. The molecule has 0 aromatic heterocycles. The van der Waals surface area contributed by atoms with Crippen LogP contribution in [0.25, 0.3) is 10.8 Å². The molecular formula is C24H31NO2. The highest BCUT2D eigenvalue weighted by Crippen LogP contribution is 2.44. The zero-order valence-corrected chi connectivity index (χ0v) is 16.1. The Bertz CT molecular complexity index is 787. The van der Waals surface area contributed by atoms with Crippen LogP contribution >= 0.6 is 0 Å². The third-order valence-electron chi connectivity index (χ3n) is 7.40. The zero-order chi connectivity index (χ0) is 18.3. The molecule has 3 saturated heterocycles. The number of fused-ring (bicyclic) bond motifs is 4. The molecule has 6 rings (SSSR count). The minimum atomic E-state index is -0.886. The Morgan fingerprint density at radius 1 is 0.963 bits per heavy atom. The van der Waals surface area contributed by atoms with Gasteiger partial charge in [0, 0.05) is 6.54 Å². The number of benzene rings is 2. The molecule has 4 aliphatic rings. The van der Waals surface area contributed by atoms with Crippen LogP contribution in [0.3, 0.4) is 0 Å². The van der Waals surface area contributed by atoms with Gasteiger partial charge in [-0.05, 0) is 66.9 Å². The normalized spacial score (nSPS) is 30.6. The highest BCUT2D eigenvalue weighted by molar-refractivity contribution is 5.86. The van der Waals surface area contributed by atoms with Crippen LogP contribution in [-0.4, -0.2) is 42.4 Å². The molecule has 2 bridgehead atoms. The molecule has 3 aliphatic heterocycles. The fourth-order valence-electron chi connectivity index (χ4n) is 5.76. The molecule has 3 nitrogen and oxygen atoms in total. The first-order valence-electron chi connectivity index (χ1n) is 10.8. The summed E-state index contributed by atoms with van der Waals surface area (Å²) in [5.74, 6) is 0.972. The Kier molecular flexibility index (Phi) is 4.71. The van der Waals surface area contributed by atoms with Crippen LogP contribution < -0.4 is 0 Å². The van der Waals surface area contributed by atoms with Gasteiger partial charge in [-0.15, -0.1) is 0 Å². The van der Waals surface area contributed by atoms with Crippen LogP contribution in [0.2, 0.25) is 0 Å². The summed E-state index contributed by atoms with van der Waals surface area (Å²) in [5, 5.41) is 14.4. The Morgan fingerprint density at radius 2 is 1.70 bits per heavy atom. The molecule has 27 heavy (non-hydrogen) atoms. The Morgan fingerprint density at radius 3 is 2.44 bits per heavy atom. The van der Waals surface area contributed by atoms with Crippen LogP contribution in [0.4, 0.5) is 0 Å². The molecule has 1 aliphatic carbocycles. The SMILES string of the molecule is O[C@](COC1CN2CCC1CC2)(c1cccc2ccccc12)C1CCCC1. The maximum atomic E-state index is 12.0. The summed E-state index contributed by atoms with van der Waals surface area (Å²) >= 11 is 0. The maximum Gasteiger partial charge on any atom is 0.116 e. The molecule has 3 heterocycles. The first-order valence-corrected chi connectivity index (χ1v) is 10.8. The molecule has 0 amide bonds. The van der Waals surface area contributed by atoms with E-state index < -0.39 is 5.60 Å². The average molecular weight is 366 g/mol. The topological polar surface area (TPSA) is 32.7 Å². The van der Waals surface area contributed by atoms with E-state index in [0.717, 1.165) is 24.9 Å². The number of hydrogen-bond donors (Lipinski definition) is 1. The summed E-state index contributed by atoms with van der Waals surface area (Å²) in [7, 11) is 0. The number of aliphatic hydroxyl groups is 1. The summed E-state index contributed by atoms with van der Waals surface area (Å²) in [6.07, 6.45) is 7.43. The lowest BCUT2D eigenvalue weighted by Gasteiger charge is -2.46. The molecule has 1 N–H and O–H groups in total. The Labute approximate surface area is 162 Å². The molecule has 0 spiro atoms. The Balaban J connectivity index is 1.46. The lowest BCUT2D eigenvalue weighted by atomic mass is 9.78. The summed E-state index contributed by atoms with van der Waals surface area (Å²) in [6.45, 7) is 3.92. The van der Waals surface area contributed by atoms with Gasteiger partial charge in [-0.2, -0.15) is 0 Å². The minimum Gasteiger partial charge on any atom is -0.382 e. The van der Waals surface area contributed by atoms with Crippen molar-refractivity contribution in [3.63, 3.8) is 0 Å². The highest BCUT2D eigenvalue weighted by atomic mass is 16.5. The molecule has 2 aromatic rings. The van der Waals surface area contributed by atoms with Crippen molar-refractivity contribution in [1.29, 1.82) is 0 Å². The van der Waals surface area contributed by atoms with Crippen LogP contribution in [0.15, 0.2) is 42.5 Å². The average Bonchev–Trinajstić information content (AvgIpc) is 3.28. The van der Waals surface area contributed by atoms with Gasteiger partial charge >= 0.3 is 0 Å². The predicted molar refractivity (Wildman–Crippen MR) is 109 cm³/mol. The number of nitrogens with zero attached hydrogens (tertiary/aromatic N) is 1. The van der Waals surface area contributed by atoms with E-state index in [4.69, 9.17) is 4.74 Å². The summed E-state index contributed by atoms with van der Waals surface area (Å²) in [5.41, 5.74) is 0.178. The largest absolute Gasteiger partial charge is 0.382 e. The second kappa shape index (κ2) is 7.20. The van der Waals surface area contributed by atoms with Crippen LogP contribution in [-0.2, 0) is 10.3 Å². The van der Waals surface area contributed by atoms with E-state index in [1.165, 1.54) is 49.5 Å². The number of piperidine rings is 3. The lowest BCUT2D eigenvalue weighted by Crippen LogP contribution is -2.53. The van der Waals surface area contributed by atoms with Gasteiger partial charge in [0.1, 0.15) is 5.60 Å². The van der Waals surface area contributed by atoms with E-state index in [1.807, 2.05) is 0 Å². The van der Waals surface area contributed by atoms with Crippen molar-refractivity contribution in [3.05, 3.63) is 48.0 Å². The van der Waals surface area contributed by atoms with Gasteiger partial charge in [-0.25, -0.2) is 0 Å². The fraction of sp³-hybridized carbons (Fsp3) is 0.583.